The molecule has 0 amide bonds. The van der Waals surface area contributed by atoms with E-state index in [4.69, 9.17) is 9.47 Å². The molecular formula is C23H38O4. The van der Waals surface area contributed by atoms with Crippen molar-refractivity contribution < 1.29 is 19.1 Å². The normalized spacial score (nSPS) is 11.4. The Kier molecular flexibility index (Phi) is 15.3. The van der Waals surface area contributed by atoms with Crippen LogP contribution in [0.25, 0.3) is 0 Å². The molecule has 4 heteroatoms. The van der Waals surface area contributed by atoms with Crippen LogP contribution >= 0.6 is 0 Å². The third kappa shape index (κ3) is 17.4. The minimum Gasteiger partial charge on any atom is -0.466 e. The van der Waals surface area contributed by atoms with E-state index >= 15 is 0 Å². The van der Waals surface area contributed by atoms with E-state index in [-0.39, 0.29) is 24.8 Å². The second-order valence-corrected chi connectivity index (χ2v) is 7.50. The summed E-state index contributed by atoms with van der Waals surface area (Å²) in [6.07, 6.45) is 8.12. The topological polar surface area (TPSA) is 52.6 Å². The Balaban J connectivity index is 3.94. The van der Waals surface area contributed by atoms with Crippen LogP contribution in [0.2, 0.25) is 0 Å². The van der Waals surface area contributed by atoms with Crippen molar-refractivity contribution in [2.75, 3.05) is 6.61 Å². The predicted molar refractivity (Wildman–Crippen MR) is 110 cm³/mol. The van der Waals surface area contributed by atoms with Crippen LogP contribution in [0.1, 0.15) is 91.9 Å². The van der Waals surface area contributed by atoms with Gasteiger partial charge in [0.15, 0.2) is 6.10 Å². The Hall–Kier alpha value is -1.76. The number of rotatable bonds is 14. The van der Waals surface area contributed by atoms with Gasteiger partial charge in [-0.3, -0.25) is 9.59 Å². The van der Waals surface area contributed by atoms with Crippen LogP contribution in [-0.4, -0.2) is 24.6 Å². The third-order valence-electron chi connectivity index (χ3n) is 3.93. The number of ether oxygens (including phenoxy) is 2. The van der Waals surface area contributed by atoms with Crippen LogP contribution in [-0.2, 0) is 19.1 Å². The molecule has 0 aliphatic heterocycles. The van der Waals surface area contributed by atoms with Gasteiger partial charge in [-0.05, 0) is 37.7 Å². The van der Waals surface area contributed by atoms with E-state index in [1.165, 1.54) is 25.7 Å². The van der Waals surface area contributed by atoms with Gasteiger partial charge in [0.2, 0.25) is 0 Å². The van der Waals surface area contributed by atoms with Crippen LogP contribution in [0.5, 0.6) is 0 Å². The van der Waals surface area contributed by atoms with E-state index < -0.39 is 6.10 Å². The van der Waals surface area contributed by atoms with E-state index in [1.807, 2.05) is 6.92 Å². The van der Waals surface area contributed by atoms with Crippen molar-refractivity contribution >= 4 is 11.9 Å². The highest BCUT2D eigenvalue weighted by Crippen LogP contribution is 2.11. The maximum atomic E-state index is 12.0. The van der Waals surface area contributed by atoms with E-state index in [0.717, 1.165) is 18.4 Å². The van der Waals surface area contributed by atoms with Gasteiger partial charge in [0.05, 0.1) is 6.61 Å². The van der Waals surface area contributed by atoms with E-state index in [2.05, 4.69) is 39.2 Å². The average Bonchev–Trinajstić information content (AvgIpc) is 2.58. The molecule has 0 aliphatic rings. The maximum Gasteiger partial charge on any atom is 0.307 e. The lowest BCUT2D eigenvalue weighted by atomic mass is 10.1. The minimum absolute atomic E-state index is 0.204. The predicted octanol–water partition coefficient (Wildman–Crippen LogP) is 5.60. The summed E-state index contributed by atoms with van der Waals surface area (Å²) >= 11 is 0. The molecule has 0 aromatic heterocycles. The molecule has 0 heterocycles. The van der Waals surface area contributed by atoms with E-state index in [1.54, 1.807) is 0 Å². The van der Waals surface area contributed by atoms with Gasteiger partial charge in [-0.15, -0.1) is 0 Å². The Morgan fingerprint density at radius 1 is 0.963 bits per heavy atom. The summed E-state index contributed by atoms with van der Waals surface area (Å²) in [4.78, 5) is 23.7. The monoisotopic (exact) mass is 378 g/mol. The van der Waals surface area contributed by atoms with Crippen molar-refractivity contribution in [2.24, 2.45) is 5.92 Å². The zero-order chi connectivity index (χ0) is 20.5. The first kappa shape index (κ1) is 25.2. The van der Waals surface area contributed by atoms with Crippen LogP contribution in [0.4, 0.5) is 0 Å². The van der Waals surface area contributed by atoms with Crippen molar-refractivity contribution in [3.05, 3.63) is 12.2 Å². The Morgan fingerprint density at radius 2 is 1.59 bits per heavy atom. The van der Waals surface area contributed by atoms with Crippen molar-refractivity contribution in [2.45, 2.75) is 98.0 Å². The molecule has 0 saturated heterocycles. The number of hydrogen-bond donors (Lipinski definition) is 0. The lowest BCUT2D eigenvalue weighted by molar-refractivity contribution is -0.147. The second-order valence-electron chi connectivity index (χ2n) is 7.50. The van der Waals surface area contributed by atoms with Crippen LogP contribution in [0.15, 0.2) is 12.2 Å². The molecule has 0 fully saturated rings. The van der Waals surface area contributed by atoms with Crippen molar-refractivity contribution in [1.82, 2.24) is 0 Å². The molecule has 0 spiro atoms. The highest BCUT2D eigenvalue weighted by atomic mass is 16.5. The molecular weight excluding hydrogens is 340 g/mol. The summed E-state index contributed by atoms with van der Waals surface area (Å²) in [6, 6.07) is 0. The molecule has 0 N–H and O–H groups in total. The number of allylic oxidation sites excluding steroid dienone is 1. The molecule has 0 aromatic carbocycles. The molecule has 0 aromatic rings. The molecule has 4 nitrogen and oxygen atoms in total. The SMILES string of the molecule is C=C(C)C#CC(CC(C)C)OC(=O)CCCC(=O)OCCCCCCCC. The largest absolute Gasteiger partial charge is 0.466 e. The smallest absolute Gasteiger partial charge is 0.307 e. The first-order valence-electron chi connectivity index (χ1n) is 10.4. The average molecular weight is 379 g/mol. The quantitative estimate of drug-likeness (QED) is 0.224. The number of hydrogen-bond acceptors (Lipinski definition) is 4. The number of esters is 2. The van der Waals surface area contributed by atoms with Gasteiger partial charge < -0.3 is 9.47 Å². The lowest BCUT2D eigenvalue weighted by Crippen LogP contribution is -2.19. The second kappa shape index (κ2) is 16.4. The highest BCUT2D eigenvalue weighted by Gasteiger charge is 2.14. The van der Waals surface area contributed by atoms with Crippen molar-refractivity contribution in [3.63, 3.8) is 0 Å². The van der Waals surface area contributed by atoms with Gasteiger partial charge in [-0.25, -0.2) is 0 Å². The lowest BCUT2D eigenvalue weighted by Gasteiger charge is -2.14. The first-order chi connectivity index (χ1) is 12.8. The summed E-state index contributed by atoms with van der Waals surface area (Å²) in [7, 11) is 0. The highest BCUT2D eigenvalue weighted by molar-refractivity contribution is 5.72. The fourth-order valence-corrected chi connectivity index (χ4v) is 2.50. The fraction of sp³-hybridized carbons (Fsp3) is 0.739. The Bertz CT molecular complexity index is 496. The molecule has 0 saturated carbocycles. The zero-order valence-electron chi connectivity index (χ0n) is 17.8. The number of unbranched alkanes of at least 4 members (excludes halogenated alkanes) is 5. The fourth-order valence-electron chi connectivity index (χ4n) is 2.50. The van der Waals surface area contributed by atoms with Gasteiger partial charge >= 0.3 is 11.9 Å². The van der Waals surface area contributed by atoms with E-state index in [0.29, 0.717) is 25.4 Å². The Morgan fingerprint density at radius 3 is 2.22 bits per heavy atom. The van der Waals surface area contributed by atoms with Crippen LogP contribution < -0.4 is 0 Å². The van der Waals surface area contributed by atoms with Gasteiger partial charge in [-0.2, -0.15) is 0 Å². The summed E-state index contributed by atoms with van der Waals surface area (Å²) in [5, 5.41) is 0. The van der Waals surface area contributed by atoms with Gasteiger partial charge in [-0.1, -0.05) is 71.3 Å². The number of carbonyl (C=O) groups is 2. The van der Waals surface area contributed by atoms with E-state index in [9.17, 15) is 9.59 Å². The first-order valence-corrected chi connectivity index (χ1v) is 10.4. The molecule has 0 rings (SSSR count). The van der Waals surface area contributed by atoms with Gasteiger partial charge in [0.1, 0.15) is 0 Å². The molecule has 154 valence electrons. The van der Waals surface area contributed by atoms with Crippen LogP contribution in [0.3, 0.4) is 0 Å². The molecule has 27 heavy (non-hydrogen) atoms. The van der Waals surface area contributed by atoms with Crippen molar-refractivity contribution in [1.29, 1.82) is 0 Å². The molecule has 0 aliphatic carbocycles. The van der Waals surface area contributed by atoms with Gasteiger partial charge in [0.25, 0.3) is 0 Å². The summed E-state index contributed by atoms with van der Waals surface area (Å²) in [5.74, 6) is 5.64. The van der Waals surface area contributed by atoms with Crippen molar-refractivity contribution in [3.8, 4) is 11.8 Å². The third-order valence-corrected chi connectivity index (χ3v) is 3.93. The van der Waals surface area contributed by atoms with Gasteiger partial charge in [0, 0.05) is 12.8 Å². The minimum atomic E-state index is -0.422. The zero-order valence-corrected chi connectivity index (χ0v) is 17.8. The summed E-state index contributed by atoms with van der Waals surface area (Å²) in [6.45, 7) is 12.3. The maximum absolute atomic E-state index is 12.0. The Labute approximate surface area is 166 Å². The molecule has 1 atom stereocenters. The standard InChI is InChI=1S/C23H38O4/c1-6-7-8-9-10-11-17-26-22(24)13-12-14-23(25)27-21(18-20(4)5)16-15-19(2)3/h20-21H,2,6-14,17-18H2,1,3-5H3. The number of carbonyl (C=O) groups excluding carboxylic acids is 2. The summed E-state index contributed by atoms with van der Waals surface area (Å²) in [5.41, 5.74) is 0.743. The summed E-state index contributed by atoms with van der Waals surface area (Å²) < 4.78 is 10.6. The molecule has 1 unspecified atom stereocenters. The molecule has 0 bridgehead atoms. The van der Waals surface area contributed by atoms with Crippen LogP contribution in [0, 0.1) is 17.8 Å². The molecule has 0 radical (unpaired) electrons.